The molecule has 0 unspecified atom stereocenters. The molecule has 2 aromatic heterocycles. The maximum atomic E-state index is 13.5. The van der Waals surface area contributed by atoms with Gasteiger partial charge < -0.3 is 4.74 Å². The molecule has 7 heteroatoms. The summed E-state index contributed by atoms with van der Waals surface area (Å²) in [6, 6.07) is 10.9. The summed E-state index contributed by atoms with van der Waals surface area (Å²) in [5, 5.41) is 3.90. The van der Waals surface area contributed by atoms with Gasteiger partial charge in [0.05, 0.1) is 19.3 Å². The van der Waals surface area contributed by atoms with E-state index in [9.17, 15) is 8.42 Å². The Kier molecular flexibility index (Phi) is 5.94. The predicted molar refractivity (Wildman–Crippen MR) is 107 cm³/mol. The molecule has 3 rings (SSSR count). The Balaban J connectivity index is 2.05. The van der Waals surface area contributed by atoms with Crippen molar-refractivity contribution >= 4 is 21.4 Å². The van der Waals surface area contributed by atoms with Crippen LogP contribution < -0.4 is 4.74 Å². The van der Waals surface area contributed by atoms with Gasteiger partial charge in [-0.1, -0.05) is 6.07 Å². The highest BCUT2D eigenvalue weighted by Crippen LogP contribution is 2.31. The molecule has 0 amide bonds. The average Bonchev–Trinajstić information content (AvgIpc) is 3.17. The number of methoxy groups -OCH3 is 1. The molecule has 27 heavy (non-hydrogen) atoms. The Labute approximate surface area is 164 Å². The summed E-state index contributed by atoms with van der Waals surface area (Å²) in [7, 11) is -2.29. The summed E-state index contributed by atoms with van der Waals surface area (Å²) in [6.45, 7) is 4.30. The van der Waals surface area contributed by atoms with Gasteiger partial charge in [-0.25, -0.2) is 8.42 Å². The van der Waals surface area contributed by atoms with Crippen molar-refractivity contribution in [1.29, 1.82) is 0 Å². The Bertz CT molecular complexity index is 1000. The predicted octanol–water partition coefficient (Wildman–Crippen LogP) is 4.16. The number of benzene rings is 1. The molecular formula is C20H22N2O3S2. The fourth-order valence-electron chi connectivity index (χ4n) is 2.75. The van der Waals surface area contributed by atoms with Gasteiger partial charge in [-0.05, 0) is 71.6 Å². The molecule has 2 heterocycles. The normalized spacial score (nSPS) is 11.7. The van der Waals surface area contributed by atoms with Crippen molar-refractivity contribution in [2.45, 2.75) is 31.8 Å². The van der Waals surface area contributed by atoms with Crippen LogP contribution in [0.2, 0.25) is 0 Å². The molecule has 0 spiro atoms. The number of aromatic nitrogens is 1. The lowest BCUT2D eigenvalue weighted by atomic mass is 10.1. The van der Waals surface area contributed by atoms with Gasteiger partial charge in [-0.3, -0.25) is 4.98 Å². The number of hydrogen-bond donors (Lipinski definition) is 0. The zero-order valence-corrected chi connectivity index (χ0v) is 17.2. The molecule has 0 radical (unpaired) electrons. The number of aryl methyl sites for hydroxylation is 2. The molecular weight excluding hydrogens is 380 g/mol. The third-order valence-electron chi connectivity index (χ3n) is 4.40. The van der Waals surface area contributed by atoms with Crippen molar-refractivity contribution in [3.63, 3.8) is 0 Å². The molecule has 0 aliphatic rings. The number of pyridine rings is 1. The molecule has 0 fully saturated rings. The fraction of sp³-hybridized carbons (Fsp3) is 0.250. The highest BCUT2D eigenvalue weighted by Gasteiger charge is 2.29. The molecule has 5 nitrogen and oxygen atoms in total. The van der Waals surface area contributed by atoms with E-state index in [2.05, 4.69) is 4.98 Å². The van der Waals surface area contributed by atoms with Crippen LogP contribution in [0.15, 0.2) is 58.3 Å². The summed E-state index contributed by atoms with van der Waals surface area (Å²) in [5.41, 5.74) is 3.53. The maximum Gasteiger partial charge on any atom is 0.247 e. The number of ether oxygens (including phenoxy) is 1. The van der Waals surface area contributed by atoms with Crippen molar-refractivity contribution in [3.8, 4) is 5.75 Å². The van der Waals surface area contributed by atoms with Gasteiger partial charge in [-0.2, -0.15) is 15.6 Å². The first kappa shape index (κ1) is 19.5. The van der Waals surface area contributed by atoms with Gasteiger partial charge in [0, 0.05) is 12.7 Å². The Morgan fingerprint density at radius 1 is 1.11 bits per heavy atom. The molecule has 0 saturated heterocycles. The summed E-state index contributed by atoms with van der Waals surface area (Å²) in [6.07, 6.45) is 1.67. The van der Waals surface area contributed by atoms with E-state index in [4.69, 9.17) is 4.74 Å². The van der Waals surface area contributed by atoms with Crippen LogP contribution >= 0.6 is 11.3 Å². The van der Waals surface area contributed by atoms with Crippen molar-refractivity contribution in [3.05, 3.63) is 75.7 Å². The number of thiophene rings is 1. The number of rotatable bonds is 7. The first-order valence-corrected chi connectivity index (χ1v) is 10.9. The van der Waals surface area contributed by atoms with Crippen LogP contribution in [0.1, 0.15) is 22.4 Å². The minimum Gasteiger partial charge on any atom is -0.495 e. The monoisotopic (exact) mass is 402 g/mol. The van der Waals surface area contributed by atoms with Crippen LogP contribution in [-0.2, 0) is 23.1 Å². The Hall–Kier alpha value is -2.22. The van der Waals surface area contributed by atoms with Crippen LogP contribution in [0.4, 0.5) is 0 Å². The zero-order chi connectivity index (χ0) is 19.4. The van der Waals surface area contributed by atoms with E-state index in [0.717, 1.165) is 16.7 Å². The van der Waals surface area contributed by atoms with E-state index in [0.29, 0.717) is 11.4 Å². The lowest BCUT2D eigenvalue weighted by molar-refractivity contribution is 0.380. The van der Waals surface area contributed by atoms with E-state index in [1.165, 1.54) is 11.4 Å². The van der Waals surface area contributed by atoms with Crippen molar-refractivity contribution in [2.75, 3.05) is 7.11 Å². The lowest BCUT2D eigenvalue weighted by Crippen LogP contribution is -2.31. The van der Waals surface area contributed by atoms with Gasteiger partial charge in [-0.15, -0.1) is 0 Å². The van der Waals surface area contributed by atoms with Crippen LogP contribution in [-0.4, -0.2) is 24.8 Å². The SMILES string of the molecule is COc1cc(C)c(C)cc1S(=O)(=O)N(Cc1ccsc1)Cc1ccccn1. The molecule has 0 atom stereocenters. The van der Waals surface area contributed by atoms with E-state index in [-0.39, 0.29) is 18.0 Å². The van der Waals surface area contributed by atoms with E-state index in [1.807, 2.05) is 48.9 Å². The molecule has 1 aromatic carbocycles. The largest absolute Gasteiger partial charge is 0.495 e. The van der Waals surface area contributed by atoms with Crippen LogP contribution in [0.3, 0.4) is 0 Å². The van der Waals surface area contributed by atoms with Crippen molar-refractivity contribution in [1.82, 2.24) is 9.29 Å². The molecule has 0 N–H and O–H groups in total. The zero-order valence-electron chi connectivity index (χ0n) is 15.5. The minimum absolute atomic E-state index is 0.180. The summed E-state index contributed by atoms with van der Waals surface area (Å²) in [5.74, 6) is 0.356. The number of nitrogens with zero attached hydrogens (tertiary/aromatic N) is 2. The van der Waals surface area contributed by atoms with Gasteiger partial charge in [0.15, 0.2) is 0 Å². The van der Waals surface area contributed by atoms with Crippen LogP contribution in [0.5, 0.6) is 5.75 Å². The molecule has 0 saturated carbocycles. The average molecular weight is 403 g/mol. The van der Waals surface area contributed by atoms with Gasteiger partial charge in [0.25, 0.3) is 0 Å². The minimum atomic E-state index is -3.78. The third kappa shape index (κ3) is 4.37. The molecule has 142 valence electrons. The molecule has 3 aromatic rings. The van der Waals surface area contributed by atoms with Gasteiger partial charge in [0.1, 0.15) is 10.6 Å². The summed E-state index contributed by atoms with van der Waals surface area (Å²) in [4.78, 5) is 4.47. The van der Waals surface area contributed by atoms with E-state index < -0.39 is 10.0 Å². The van der Waals surface area contributed by atoms with E-state index >= 15 is 0 Å². The Morgan fingerprint density at radius 2 is 1.89 bits per heavy atom. The second kappa shape index (κ2) is 8.21. The van der Waals surface area contributed by atoms with Gasteiger partial charge >= 0.3 is 0 Å². The third-order valence-corrected chi connectivity index (χ3v) is 6.95. The quantitative estimate of drug-likeness (QED) is 0.595. The summed E-state index contributed by atoms with van der Waals surface area (Å²) >= 11 is 1.54. The maximum absolute atomic E-state index is 13.5. The first-order valence-electron chi connectivity index (χ1n) is 8.48. The van der Waals surface area contributed by atoms with Crippen molar-refractivity contribution in [2.24, 2.45) is 0 Å². The summed E-state index contributed by atoms with van der Waals surface area (Å²) < 4.78 is 33.9. The lowest BCUT2D eigenvalue weighted by Gasteiger charge is -2.23. The van der Waals surface area contributed by atoms with Crippen LogP contribution in [0, 0.1) is 13.8 Å². The highest BCUT2D eigenvalue weighted by molar-refractivity contribution is 7.89. The van der Waals surface area contributed by atoms with Gasteiger partial charge in [0.2, 0.25) is 10.0 Å². The topological polar surface area (TPSA) is 59.5 Å². The number of sulfonamides is 1. The second-order valence-corrected chi connectivity index (χ2v) is 9.00. The van der Waals surface area contributed by atoms with E-state index in [1.54, 1.807) is 29.7 Å². The number of hydrogen-bond acceptors (Lipinski definition) is 5. The standard InChI is InChI=1S/C20H22N2O3S2/c1-15-10-19(25-3)20(11-16(15)2)27(23,24)22(12-17-7-9-26-14-17)13-18-6-4-5-8-21-18/h4-11,14H,12-13H2,1-3H3. The Morgan fingerprint density at radius 3 is 2.52 bits per heavy atom. The molecule has 0 bridgehead atoms. The first-order chi connectivity index (χ1) is 12.9. The smallest absolute Gasteiger partial charge is 0.247 e. The molecule has 0 aliphatic carbocycles. The van der Waals surface area contributed by atoms with Crippen molar-refractivity contribution < 1.29 is 13.2 Å². The molecule has 0 aliphatic heterocycles. The fourth-order valence-corrected chi connectivity index (χ4v) is 5.03. The highest BCUT2D eigenvalue weighted by atomic mass is 32.2. The van der Waals surface area contributed by atoms with Crippen LogP contribution in [0.25, 0.3) is 0 Å². The second-order valence-electron chi connectivity index (χ2n) is 6.31.